The van der Waals surface area contributed by atoms with E-state index in [1.807, 2.05) is 12.1 Å². The Morgan fingerprint density at radius 3 is 2.40 bits per heavy atom. The highest BCUT2D eigenvalue weighted by Crippen LogP contribution is 2.19. The van der Waals surface area contributed by atoms with Gasteiger partial charge in [-0.15, -0.1) is 12.6 Å². The number of amides is 1. The van der Waals surface area contributed by atoms with Gasteiger partial charge < -0.3 is 5.32 Å². The van der Waals surface area contributed by atoms with Crippen LogP contribution in [0.1, 0.15) is 38.1 Å². The molecule has 0 atom stereocenters. The van der Waals surface area contributed by atoms with Crippen molar-refractivity contribution in [3.8, 4) is 0 Å². The molecule has 0 fully saturated rings. The molecule has 20 heavy (non-hydrogen) atoms. The van der Waals surface area contributed by atoms with Crippen molar-refractivity contribution in [3.63, 3.8) is 0 Å². The van der Waals surface area contributed by atoms with E-state index < -0.39 is 0 Å². The van der Waals surface area contributed by atoms with Crippen LogP contribution in [0.4, 0.5) is 0 Å². The minimum Gasteiger partial charge on any atom is -0.351 e. The monoisotopic (exact) mass is 358 g/mol. The number of benzene rings is 1. The van der Waals surface area contributed by atoms with Crippen molar-refractivity contribution < 1.29 is 4.79 Å². The topological polar surface area (TPSA) is 32.3 Å². The van der Waals surface area contributed by atoms with Crippen molar-refractivity contribution in [1.82, 2.24) is 10.2 Å². The molecule has 0 bridgehead atoms. The Morgan fingerprint density at radius 2 is 1.90 bits per heavy atom. The number of thiol groups is 1. The fourth-order valence-electron chi connectivity index (χ4n) is 2.20. The van der Waals surface area contributed by atoms with Crippen LogP contribution >= 0.6 is 28.6 Å². The number of carbonyl (C=O) groups is 1. The molecule has 0 aliphatic rings. The van der Waals surface area contributed by atoms with Crippen molar-refractivity contribution in [1.29, 1.82) is 0 Å². The van der Waals surface area contributed by atoms with Gasteiger partial charge in [0, 0.05) is 34.5 Å². The largest absolute Gasteiger partial charge is 0.351 e. The van der Waals surface area contributed by atoms with Gasteiger partial charge in [-0.05, 0) is 45.9 Å². The summed E-state index contributed by atoms with van der Waals surface area (Å²) in [6.45, 7) is 10.2. The lowest BCUT2D eigenvalue weighted by atomic mass is 10.2. The highest BCUT2D eigenvalue weighted by Gasteiger charge is 2.14. The van der Waals surface area contributed by atoms with Gasteiger partial charge in [0.25, 0.3) is 5.91 Å². The quantitative estimate of drug-likeness (QED) is 0.761. The van der Waals surface area contributed by atoms with Crippen molar-refractivity contribution in [2.24, 2.45) is 0 Å². The normalized spacial score (nSPS) is 11.4. The molecule has 1 amide bonds. The van der Waals surface area contributed by atoms with Crippen LogP contribution in [0.15, 0.2) is 27.6 Å². The molecule has 5 heteroatoms. The van der Waals surface area contributed by atoms with Crippen LogP contribution in [-0.4, -0.2) is 36.0 Å². The van der Waals surface area contributed by atoms with Gasteiger partial charge in [-0.2, -0.15) is 0 Å². The molecule has 1 aromatic carbocycles. The third kappa shape index (κ3) is 5.11. The van der Waals surface area contributed by atoms with E-state index in [1.165, 1.54) is 0 Å². The highest BCUT2D eigenvalue weighted by atomic mass is 79.9. The molecule has 0 radical (unpaired) electrons. The maximum atomic E-state index is 12.1. The zero-order chi connectivity index (χ0) is 15.3. The summed E-state index contributed by atoms with van der Waals surface area (Å²) < 4.78 is 0.921. The first kappa shape index (κ1) is 17.5. The number of nitrogens with one attached hydrogen (secondary N) is 1. The summed E-state index contributed by atoms with van der Waals surface area (Å²) in [5, 5.41) is 2.95. The van der Waals surface area contributed by atoms with Gasteiger partial charge in [-0.3, -0.25) is 9.69 Å². The Balaban J connectivity index is 2.55. The molecule has 3 nitrogen and oxygen atoms in total. The summed E-state index contributed by atoms with van der Waals surface area (Å²) in [4.78, 5) is 15.1. The van der Waals surface area contributed by atoms with E-state index in [9.17, 15) is 4.79 Å². The van der Waals surface area contributed by atoms with Crippen molar-refractivity contribution in [2.45, 2.75) is 44.7 Å². The lowest BCUT2D eigenvalue weighted by Gasteiger charge is -2.30. The van der Waals surface area contributed by atoms with Gasteiger partial charge >= 0.3 is 0 Å². The molecule has 0 aliphatic heterocycles. The molecule has 0 aromatic heterocycles. The Bertz CT molecular complexity index is 455. The van der Waals surface area contributed by atoms with Crippen LogP contribution < -0.4 is 5.32 Å². The molecule has 0 heterocycles. The molecule has 1 aromatic rings. The number of hydrogen-bond acceptors (Lipinski definition) is 3. The predicted molar refractivity (Wildman–Crippen MR) is 90.7 cm³/mol. The van der Waals surface area contributed by atoms with E-state index in [4.69, 9.17) is 0 Å². The lowest BCUT2D eigenvalue weighted by molar-refractivity contribution is 0.0936. The Morgan fingerprint density at radius 1 is 1.30 bits per heavy atom. The van der Waals surface area contributed by atoms with Crippen LogP contribution in [0.3, 0.4) is 0 Å². The summed E-state index contributed by atoms with van der Waals surface area (Å²) in [5.41, 5.74) is 0.608. The van der Waals surface area contributed by atoms with Gasteiger partial charge in [-0.25, -0.2) is 0 Å². The second-order valence-corrected chi connectivity index (χ2v) is 6.74. The van der Waals surface area contributed by atoms with Crippen LogP contribution in [-0.2, 0) is 0 Å². The molecule has 0 saturated carbocycles. The first-order valence-electron chi connectivity index (χ1n) is 6.85. The predicted octanol–water partition coefficient (Wildman–Crippen LogP) is 3.59. The van der Waals surface area contributed by atoms with Gasteiger partial charge in [-0.1, -0.05) is 15.9 Å². The first-order valence-corrected chi connectivity index (χ1v) is 8.09. The minimum absolute atomic E-state index is 0.0741. The smallest absolute Gasteiger partial charge is 0.252 e. The number of carbonyl (C=O) groups excluding carboxylic acids is 1. The zero-order valence-electron chi connectivity index (χ0n) is 12.5. The van der Waals surface area contributed by atoms with E-state index in [1.54, 1.807) is 6.07 Å². The minimum atomic E-state index is -0.0741. The summed E-state index contributed by atoms with van der Waals surface area (Å²) in [6.07, 6.45) is 0. The van der Waals surface area contributed by atoms with E-state index >= 15 is 0 Å². The van der Waals surface area contributed by atoms with Crippen LogP contribution in [0.25, 0.3) is 0 Å². The van der Waals surface area contributed by atoms with E-state index in [0.717, 1.165) is 11.0 Å². The third-order valence-corrected chi connectivity index (χ3v) is 4.05. The third-order valence-electron chi connectivity index (χ3n) is 3.19. The molecule has 112 valence electrons. The Kier molecular flexibility index (Phi) is 7.06. The van der Waals surface area contributed by atoms with Crippen molar-refractivity contribution >= 4 is 34.5 Å². The van der Waals surface area contributed by atoms with Gasteiger partial charge in [0.05, 0.1) is 5.56 Å². The average molecular weight is 359 g/mol. The number of hydrogen-bond donors (Lipinski definition) is 2. The van der Waals surface area contributed by atoms with Gasteiger partial charge in [0.2, 0.25) is 0 Å². The summed E-state index contributed by atoms with van der Waals surface area (Å²) in [6, 6.07) is 6.40. The second kappa shape index (κ2) is 8.05. The van der Waals surface area contributed by atoms with Crippen LogP contribution in [0.5, 0.6) is 0 Å². The molecule has 1 N–H and O–H groups in total. The van der Waals surface area contributed by atoms with Gasteiger partial charge in [0.1, 0.15) is 0 Å². The maximum Gasteiger partial charge on any atom is 0.252 e. The van der Waals surface area contributed by atoms with Gasteiger partial charge in [0.15, 0.2) is 0 Å². The number of nitrogens with zero attached hydrogens (tertiary/aromatic N) is 1. The maximum absolute atomic E-state index is 12.1. The molecule has 0 spiro atoms. The molecular formula is C15H23BrN2OS. The summed E-state index contributed by atoms with van der Waals surface area (Å²) in [7, 11) is 0. The highest BCUT2D eigenvalue weighted by molar-refractivity contribution is 9.10. The van der Waals surface area contributed by atoms with Crippen molar-refractivity contribution in [2.75, 3.05) is 13.1 Å². The van der Waals surface area contributed by atoms with E-state index in [0.29, 0.717) is 29.1 Å². The second-order valence-electron chi connectivity index (χ2n) is 5.34. The Hall–Kier alpha value is -0.520. The molecular weight excluding hydrogens is 336 g/mol. The fourth-order valence-corrected chi connectivity index (χ4v) is 3.06. The standard InChI is InChI=1S/C15H23BrN2OS/c1-10(2)18(11(3)4)8-7-17-15(19)13-6-5-12(16)9-14(13)20/h5-6,9-11,20H,7-8H2,1-4H3,(H,17,19). The van der Waals surface area contributed by atoms with Crippen LogP contribution in [0.2, 0.25) is 0 Å². The molecule has 0 aliphatic carbocycles. The zero-order valence-corrected chi connectivity index (χ0v) is 15.0. The lowest BCUT2D eigenvalue weighted by Crippen LogP contribution is -2.42. The first-order chi connectivity index (χ1) is 9.32. The Labute approximate surface area is 135 Å². The molecule has 0 saturated heterocycles. The average Bonchev–Trinajstić information content (AvgIpc) is 2.33. The molecule has 1 rings (SSSR count). The number of rotatable bonds is 6. The summed E-state index contributed by atoms with van der Waals surface area (Å²) >= 11 is 7.70. The number of halogens is 1. The fraction of sp³-hybridized carbons (Fsp3) is 0.533. The van der Waals surface area contributed by atoms with E-state index in [-0.39, 0.29) is 5.91 Å². The van der Waals surface area contributed by atoms with Crippen molar-refractivity contribution in [3.05, 3.63) is 28.2 Å². The SMILES string of the molecule is CC(C)N(CCNC(=O)c1ccc(Br)cc1S)C(C)C. The summed E-state index contributed by atoms with van der Waals surface area (Å²) in [5.74, 6) is -0.0741. The molecule has 0 unspecified atom stereocenters. The van der Waals surface area contributed by atoms with E-state index in [2.05, 4.69) is 66.5 Å². The van der Waals surface area contributed by atoms with Crippen LogP contribution in [0, 0.1) is 0 Å².